The lowest BCUT2D eigenvalue weighted by atomic mass is 10.0. The van der Waals surface area contributed by atoms with Gasteiger partial charge in [-0.2, -0.15) is 0 Å². The SMILES string of the molecule is CCCCCCCC/C=C\CCCCCCCCCCCC(=O)OC(COC(=O)CCCCCCCCCCCCCCCCCCCCCCCCCCCCCCCCCCCCC)COP(=O)(O)OCCN. The first-order chi connectivity index (χ1) is 36.8. The molecule has 0 fully saturated rings. The van der Waals surface area contributed by atoms with E-state index in [0.29, 0.717) is 6.42 Å². The van der Waals surface area contributed by atoms with Crippen LogP contribution in [0.2, 0.25) is 0 Å². The summed E-state index contributed by atoms with van der Waals surface area (Å²) >= 11 is 0. The van der Waals surface area contributed by atoms with Gasteiger partial charge in [0.05, 0.1) is 13.2 Å². The molecule has 0 saturated carbocycles. The van der Waals surface area contributed by atoms with Gasteiger partial charge >= 0.3 is 19.8 Å². The van der Waals surface area contributed by atoms with Crippen LogP contribution in [0.3, 0.4) is 0 Å². The van der Waals surface area contributed by atoms with Gasteiger partial charge in [0.15, 0.2) is 6.10 Å². The fourth-order valence-electron chi connectivity index (χ4n) is 10.2. The normalized spacial score (nSPS) is 13.0. The molecule has 0 bridgehead atoms. The molecule has 0 aromatic rings. The number of phosphoric acid groups is 1. The molecule has 0 aliphatic carbocycles. The highest BCUT2D eigenvalue weighted by atomic mass is 31.2. The Morgan fingerprint density at radius 3 is 0.947 bits per heavy atom. The minimum Gasteiger partial charge on any atom is -0.462 e. The fraction of sp³-hybridized carbons (Fsp3) is 0.938. The zero-order valence-electron chi connectivity index (χ0n) is 50.1. The summed E-state index contributed by atoms with van der Waals surface area (Å²) in [6, 6.07) is 0. The van der Waals surface area contributed by atoms with Crippen molar-refractivity contribution in [1.82, 2.24) is 0 Å². The smallest absolute Gasteiger partial charge is 0.462 e. The van der Waals surface area contributed by atoms with Crippen molar-refractivity contribution in [3.63, 3.8) is 0 Å². The van der Waals surface area contributed by atoms with Crippen LogP contribution in [0.1, 0.15) is 361 Å². The van der Waals surface area contributed by atoms with E-state index in [1.807, 2.05) is 0 Å². The summed E-state index contributed by atoms with van der Waals surface area (Å²) in [4.78, 5) is 35.2. The molecule has 75 heavy (non-hydrogen) atoms. The van der Waals surface area contributed by atoms with Crippen LogP contribution in [0.15, 0.2) is 12.2 Å². The molecule has 0 aromatic heterocycles. The van der Waals surface area contributed by atoms with E-state index < -0.39 is 26.5 Å². The van der Waals surface area contributed by atoms with E-state index in [9.17, 15) is 19.0 Å². The second-order valence-corrected chi connectivity index (χ2v) is 24.2. The largest absolute Gasteiger partial charge is 0.472 e. The average molecular weight is 1080 g/mol. The van der Waals surface area contributed by atoms with Crippen LogP contribution in [-0.4, -0.2) is 49.3 Å². The lowest BCUT2D eigenvalue weighted by Gasteiger charge is -2.19. The highest BCUT2D eigenvalue weighted by Gasteiger charge is 2.26. The van der Waals surface area contributed by atoms with Gasteiger partial charge in [-0.25, -0.2) is 4.57 Å². The Morgan fingerprint density at radius 1 is 0.387 bits per heavy atom. The van der Waals surface area contributed by atoms with Gasteiger partial charge in [-0.05, 0) is 38.5 Å². The summed E-state index contributed by atoms with van der Waals surface area (Å²) in [6.07, 6.45) is 73.1. The molecule has 0 amide bonds. The maximum absolute atomic E-state index is 12.7. The van der Waals surface area contributed by atoms with Crippen molar-refractivity contribution in [2.75, 3.05) is 26.4 Å². The van der Waals surface area contributed by atoms with Crippen LogP contribution in [0.5, 0.6) is 0 Å². The number of nitrogens with two attached hydrogens (primary N) is 1. The van der Waals surface area contributed by atoms with Crippen LogP contribution < -0.4 is 5.73 Å². The first-order valence-electron chi connectivity index (χ1n) is 33.2. The summed E-state index contributed by atoms with van der Waals surface area (Å²) in [7, 11) is -4.38. The van der Waals surface area contributed by atoms with Gasteiger partial charge < -0.3 is 20.1 Å². The van der Waals surface area contributed by atoms with E-state index in [-0.39, 0.29) is 38.6 Å². The lowest BCUT2D eigenvalue weighted by molar-refractivity contribution is -0.161. The number of phosphoric ester groups is 1. The number of ether oxygens (including phenoxy) is 2. The minimum absolute atomic E-state index is 0.0565. The summed E-state index contributed by atoms with van der Waals surface area (Å²) in [6.45, 7) is 3.81. The van der Waals surface area contributed by atoms with Crippen molar-refractivity contribution < 1.29 is 37.6 Å². The first-order valence-corrected chi connectivity index (χ1v) is 34.7. The van der Waals surface area contributed by atoms with Gasteiger partial charge in [0.2, 0.25) is 0 Å². The van der Waals surface area contributed by atoms with Gasteiger partial charge in [0.1, 0.15) is 6.61 Å². The van der Waals surface area contributed by atoms with Gasteiger partial charge in [0.25, 0.3) is 0 Å². The number of carbonyl (C=O) groups excluding carboxylic acids is 2. The number of carbonyl (C=O) groups is 2. The molecule has 0 heterocycles. The highest BCUT2D eigenvalue weighted by molar-refractivity contribution is 7.47. The van der Waals surface area contributed by atoms with Crippen LogP contribution in [0, 0.1) is 0 Å². The van der Waals surface area contributed by atoms with Crippen molar-refractivity contribution in [1.29, 1.82) is 0 Å². The monoisotopic (exact) mass is 1080 g/mol. The number of rotatable bonds is 64. The molecule has 0 aliphatic heterocycles. The van der Waals surface area contributed by atoms with Gasteiger partial charge in [-0.1, -0.05) is 321 Å². The van der Waals surface area contributed by atoms with E-state index in [2.05, 4.69) is 26.0 Å². The molecule has 10 heteroatoms. The number of unbranched alkanes of at least 4 members (excludes halogenated alkanes) is 49. The third-order valence-corrected chi connectivity index (χ3v) is 16.1. The maximum Gasteiger partial charge on any atom is 0.472 e. The number of esters is 2. The molecule has 0 saturated heterocycles. The van der Waals surface area contributed by atoms with E-state index in [4.69, 9.17) is 24.3 Å². The third kappa shape index (κ3) is 61.8. The van der Waals surface area contributed by atoms with Crippen LogP contribution >= 0.6 is 7.82 Å². The Hall–Kier alpha value is -1.25. The van der Waals surface area contributed by atoms with Gasteiger partial charge in [0, 0.05) is 19.4 Å². The zero-order valence-corrected chi connectivity index (χ0v) is 51.0. The first kappa shape index (κ1) is 73.8. The van der Waals surface area contributed by atoms with Crippen LogP contribution in [0.4, 0.5) is 0 Å². The van der Waals surface area contributed by atoms with Crippen molar-refractivity contribution in [3.05, 3.63) is 12.2 Å². The molecule has 0 spiro atoms. The topological polar surface area (TPSA) is 134 Å². The Bertz CT molecular complexity index is 1230. The molecular weight excluding hydrogens is 954 g/mol. The van der Waals surface area contributed by atoms with E-state index in [1.54, 1.807) is 0 Å². The van der Waals surface area contributed by atoms with Gasteiger partial charge in [-0.15, -0.1) is 0 Å². The van der Waals surface area contributed by atoms with E-state index in [0.717, 1.165) is 38.5 Å². The Labute approximate surface area is 466 Å². The van der Waals surface area contributed by atoms with E-state index >= 15 is 0 Å². The summed E-state index contributed by atoms with van der Waals surface area (Å²) in [5.74, 6) is -0.808. The van der Waals surface area contributed by atoms with Crippen molar-refractivity contribution in [2.24, 2.45) is 5.73 Å². The molecular formula is C65H128NO8P. The molecule has 0 radical (unpaired) electrons. The minimum atomic E-state index is -4.38. The predicted octanol–water partition coefficient (Wildman–Crippen LogP) is 21.2. The number of allylic oxidation sites excluding steroid dienone is 2. The van der Waals surface area contributed by atoms with Gasteiger partial charge in [-0.3, -0.25) is 18.6 Å². The Balaban J connectivity index is 3.77. The maximum atomic E-state index is 12.7. The zero-order chi connectivity index (χ0) is 54.5. The lowest BCUT2D eigenvalue weighted by Crippen LogP contribution is -2.29. The van der Waals surface area contributed by atoms with Crippen LogP contribution in [-0.2, 0) is 32.7 Å². The molecule has 0 aliphatic rings. The van der Waals surface area contributed by atoms with Crippen LogP contribution in [0.25, 0.3) is 0 Å². The van der Waals surface area contributed by atoms with E-state index in [1.165, 1.54) is 289 Å². The summed E-state index contributed by atoms with van der Waals surface area (Å²) < 4.78 is 33.1. The number of hydrogen-bond acceptors (Lipinski definition) is 8. The standard InChI is InChI=1S/C65H128NO8P/c1-3-5-7-9-11-13-15-17-19-21-23-24-25-26-27-28-29-30-31-32-33-34-35-36-37-38-40-41-43-45-47-49-51-53-55-57-64(67)71-61-63(62-73-75(69,70)72-60-59-66)74-65(68)58-56-54-52-50-48-46-44-42-39-22-20-18-16-14-12-10-8-6-4-2/h18,20,63H,3-17,19,21-62,66H2,1-2H3,(H,69,70)/b20-18-. The average Bonchev–Trinajstić information content (AvgIpc) is 3.40. The summed E-state index contributed by atoms with van der Waals surface area (Å²) in [5.41, 5.74) is 5.39. The third-order valence-electron chi connectivity index (χ3n) is 15.2. The second kappa shape index (κ2) is 62.0. The van der Waals surface area contributed by atoms with Crippen molar-refractivity contribution in [3.8, 4) is 0 Å². The summed E-state index contributed by atoms with van der Waals surface area (Å²) in [5, 5.41) is 0. The molecule has 0 aromatic carbocycles. The predicted molar refractivity (Wildman–Crippen MR) is 321 cm³/mol. The molecule has 9 nitrogen and oxygen atoms in total. The van der Waals surface area contributed by atoms with Crippen molar-refractivity contribution >= 4 is 19.8 Å². The number of hydrogen-bond donors (Lipinski definition) is 2. The Kier molecular flexibility index (Phi) is 60.9. The molecule has 3 N–H and O–H groups in total. The highest BCUT2D eigenvalue weighted by Crippen LogP contribution is 2.43. The second-order valence-electron chi connectivity index (χ2n) is 22.7. The molecule has 446 valence electrons. The molecule has 2 unspecified atom stereocenters. The Morgan fingerprint density at radius 2 is 0.653 bits per heavy atom. The quantitative estimate of drug-likeness (QED) is 0.0264. The molecule has 2 atom stereocenters. The fourth-order valence-corrected chi connectivity index (χ4v) is 11.0. The van der Waals surface area contributed by atoms with Crippen molar-refractivity contribution in [2.45, 2.75) is 367 Å². The molecule has 0 rings (SSSR count).